The van der Waals surface area contributed by atoms with Crippen molar-refractivity contribution in [3.8, 4) is 5.75 Å². The molecular formula is C42H47N5O8Si. The predicted molar refractivity (Wildman–Crippen MR) is 216 cm³/mol. The maximum atomic E-state index is 15.3. The van der Waals surface area contributed by atoms with Gasteiger partial charge in [-0.3, -0.25) is 24.5 Å². The smallest absolute Gasteiger partial charge is 0.269 e. The van der Waals surface area contributed by atoms with Crippen LogP contribution in [0.5, 0.6) is 5.75 Å². The second-order valence-corrected chi connectivity index (χ2v) is 20.2. The van der Waals surface area contributed by atoms with Gasteiger partial charge in [0.2, 0.25) is 5.91 Å². The van der Waals surface area contributed by atoms with Gasteiger partial charge in [-0.1, -0.05) is 49.5 Å². The average molecular weight is 778 g/mol. The molecule has 56 heavy (non-hydrogen) atoms. The van der Waals surface area contributed by atoms with Gasteiger partial charge in [0.15, 0.2) is 5.60 Å². The minimum atomic E-state index is -2.62. The van der Waals surface area contributed by atoms with Gasteiger partial charge in [-0.05, 0) is 78.5 Å². The molecule has 4 aromatic rings. The van der Waals surface area contributed by atoms with E-state index in [0.29, 0.717) is 52.5 Å². The Balaban J connectivity index is 1.27. The van der Waals surface area contributed by atoms with Gasteiger partial charge < -0.3 is 35.4 Å². The van der Waals surface area contributed by atoms with Crippen LogP contribution in [0.2, 0.25) is 18.6 Å². The Kier molecular flexibility index (Phi) is 10.5. The molecule has 3 aliphatic rings. The quantitative estimate of drug-likeness (QED) is 0.0760. The molecule has 0 unspecified atom stereocenters. The zero-order valence-corrected chi connectivity index (χ0v) is 32.9. The number of likely N-dealkylation sites (tertiary alicyclic amines) is 1. The van der Waals surface area contributed by atoms with Crippen molar-refractivity contribution >= 4 is 53.7 Å². The minimum Gasteiger partial charge on any atom is -0.497 e. The number of nitrogens with two attached hydrogens (primary N) is 1. The van der Waals surface area contributed by atoms with Gasteiger partial charge in [0.1, 0.15) is 5.75 Å². The highest BCUT2D eigenvalue weighted by molar-refractivity contribution is 6.91. The fourth-order valence-corrected chi connectivity index (χ4v) is 13.2. The molecular weight excluding hydrogens is 731 g/mol. The molecule has 14 heteroatoms. The number of methoxy groups -OCH3 is 1. The summed E-state index contributed by atoms with van der Waals surface area (Å²) >= 11 is 0. The van der Waals surface area contributed by atoms with E-state index in [0.717, 1.165) is 11.6 Å². The zero-order chi connectivity index (χ0) is 39.9. The number of hydrogen-bond acceptors (Lipinski definition) is 9. The largest absolute Gasteiger partial charge is 0.497 e. The summed E-state index contributed by atoms with van der Waals surface area (Å²) in [6.45, 7) is 6.87. The Labute approximate surface area is 326 Å². The average Bonchev–Trinajstić information content (AvgIpc) is 3.85. The lowest BCUT2D eigenvalue weighted by Crippen LogP contribution is -2.52. The number of carbonyl (C=O) groups is 3. The van der Waals surface area contributed by atoms with Crippen LogP contribution in [-0.4, -0.2) is 73.1 Å². The standard InChI is InChI=1S/C42H47N5O8Si/c1-26-39(56(3,4)34-17-15-33(54-2)16-18-34)37(23-38(49)45-20-6-9-32(45)25-48)55-42(26)35-22-31(47(52)53)14-19-36(35)46(41(42)51)24-27-7-5-8-30(21-27)44-40(50)28-10-12-29(43)13-11-28/h5,7-8,10-19,21-22,26,32,37,39,48H,6,9,20,23-25,43H2,1-4H3,(H,44,50)/t26-,32+,37+,39-,42+/m1/s1. The molecule has 0 aromatic heterocycles. The number of benzene rings is 4. The van der Waals surface area contributed by atoms with E-state index in [2.05, 4.69) is 18.4 Å². The van der Waals surface area contributed by atoms with Crippen LogP contribution in [0.3, 0.4) is 0 Å². The first-order valence-electron chi connectivity index (χ1n) is 18.9. The number of hydrogen-bond donors (Lipinski definition) is 3. The summed E-state index contributed by atoms with van der Waals surface area (Å²) in [6.07, 6.45) is 0.784. The molecule has 0 aliphatic carbocycles. The maximum absolute atomic E-state index is 15.3. The van der Waals surface area contributed by atoms with Gasteiger partial charge in [0.05, 0.1) is 57.5 Å². The van der Waals surface area contributed by atoms with Crippen LogP contribution in [0.1, 0.15) is 47.7 Å². The van der Waals surface area contributed by atoms with Gasteiger partial charge in [0.25, 0.3) is 17.5 Å². The summed E-state index contributed by atoms with van der Waals surface area (Å²) < 4.78 is 12.5. The number of anilines is 3. The highest BCUT2D eigenvalue weighted by atomic mass is 28.3. The number of rotatable bonds is 11. The molecule has 0 bridgehead atoms. The van der Waals surface area contributed by atoms with Crippen molar-refractivity contribution in [1.29, 1.82) is 0 Å². The van der Waals surface area contributed by atoms with Crippen molar-refractivity contribution in [2.75, 3.05) is 36.2 Å². The molecule has 13 nitrogen and oxygen atoms in total. The van der Waals surface area contributed by atoms with E-state index in [9.17, 15) is 24.8 Å². The van der Waals surface area contributed by atoms with E-state index in [1.165, 1.54) is 12.1 Å². The van der Waals surface area contributed by atoms with E-state index in [1.807, 2.05) is 37.3 Å². The van der Waals surface area contributed by atoms with E-state index < -0.39 is 30.6 Å². The second kappa shape index (κ2) is 15.2. The van der Waals surface area contributed by atoms with Crippen molar-refractivity contribution in [2.24, 2.45) is 5.92 Å². The molecule has 5 atom stereocenters. The molecule has 0 radical (unpaired) electrons. The number of carbonyl (C=O) groups excluding carboxylic acids is 3. The first kappa shape index (κ1) is 38.7. The Morgan fingerprint density at radius 3 is 2.48 bits per heavy atom. The van der Waals surface area contributed by atoms with Crippen molar-refractivity contribution in [3.05, 3.63) is 118 Å². The predicted octanol–water partition coefficient (Wildman–Crippen LogP) is 5.57. The van der Waals surface area contributed by atoms with E-state index >= 15 is 4.79 Å². The first-order valence-corrected chi connectivity index (χ1v) is 22.0. The Morgan fingerprint density at radius 1 is 1.07 bits per heavy atom. The Morgan fingerprint density at radius 2 is 1.80 bits per heavy atom. The number of aliphatic hydroxyl groups excluding tert-OH is 1. The number of ether oxygens (including phenoxy) is 2. The van der Waals surface area contributed by atoms with Gasteiger partial charge in [-0.2, -0.15) is 0 Å². The third-order valence-corrected chi connectivity index (χ3v) is 16.4. The number of nitrogen functional groups attached to an aromatic ring is 1. The number of nitrogens with zero attached hydrogens (tertiary/aromatic N) is 3. The number of nitro groups is 1. The molecule has 3 amide bonds. The van der Waals surface area contributed by atoms with E-state index in [1.54, 1.807) is 65.4 Å². The number of nitrogens with one attached hydrogen (secondary N) is 1. The molecule has 3 aliphatic heterocycles. The molecule has 4 N–H and O–H groups in total. The van der Waals surface area contributed by atoms with Crippen LogP contribution in [0, 0.1) is 16.0 Å². The van der Waals surface area contributed by atoms with Crippen molar-refractivity contribution in [1.82, 2.24) is 4.90 Å². The molecule has 3 heterocycles. The fraction of sp³-hybridized carbons (Fsp3) is 0.357. The number of nitro benzene ring substituents is 1. The summed E-state index contributed by atoms with van der Waals surface area (Å²) in [6, 6.07) is 25.8. The minimum absolute atomic E-state index is 0.00681. The van der Waals surface area contributed by atoms with Gasteiger partial charge in [-0.15, -0.1) is 0 Å². The van der Waals surface area contributed by atoms with Crippen LogP contribution in [0.4, 0.5) is 22.7 Å². The molecule has 4 aromatic carbocycles. The highest BCUT2D eigenvalue weighted by Gasteiger charge is 2.67. The summed E-state index contributed by atoms with van der Waals surface area (Å²) in [4.78, 5) is 57.4. The Hall–Kier alpha value is -5.57. The highest BCUT2D eigenvalue weighted by Crippen LogP contribution is 2.60. The zero-order valence-electron chi connectivity index (χ0n) is 31.9. The molecule has 7 rings (SSSR count). The molecule has 292 valence electrons. The number of amides is 3. The molecule has 2 saturated heterocycles. The fourth-order valence-electron chi connectivity index (χ4n) is 9.18. The lowest BCUT2D eigenvalue weighted by molar-refractivity contribution is -0.385. The van der Waals surface area contributed by atoms with Gasteiger partial charge >= 0.3 is 0 Å². The van der Waals surface area contributed by atoms with E-state index in [4.69, 9.17) is 15.2 Å². The SMILES string of the molecule is COc1ccc([Si](C)(C)[C@H]2[C@H](CC(=O)N3CCC[C@H]3CO)O[C@@]3(C(=O)N(Cc4cccc(NC(=O)c5ccc(N)cc5)c4)c4ccc([N+](=O)[O-])cc43)[C@@H]2C)cc1. The van der Waals surface area contributed by atoms with Crippen molar-refractivity contribution < 1.29 is 33.9 Å². The summed E-state index contributed by atoms with van der Waals surface area (Å²) in [5.41, 5.74) is 6.80. The topological polar surface area (TPSA) is 178 Å². The van der Waals surface area contributed by atoms with Crippen LogP contribution in [0.15, 0.2) is 91.0 Å². The van der Waals surface area contributed by atoms with Crippen LogP contribution in [-0.2, 0) is 26.5 Å². The summed E-state index contributed by atoms with van der Waals surface area (Å²) in [5, 5.41) is 26.3. The molecule has 0 saturated carbocycles. The van der Waals surface area contributed by atoms with Crippen LogP contribution in [0.25, 0.3) is 0 Å². The van der Waals surface area contributed by atoms with Gasteiger partial charge in [-0.25, -0.2) is 0 Å². The maximum Gasteiger partial charge on any atom is 0.269 e. The van der Waals surface area contributed by atoms with Gasteiger partial charge in [0, 0.05) is 47.1 Å². The summed E-state index contributed by atoms with van der Waals surface area (Å²) in [7, 11) is -1.02. The van der Waals surface area contributed by atoms with Crippen molar-refractivity contribution in [3.63, 3.8) is 0 Å². The third kappa shape index (κ3) is 6.81. The van der Waals surface area contributed by atoms with E-state index in [-0.39, 0.29) is 54.6 Å². The summed E-state index contributed by atoms with van der Waals surface area (Å²) in [5.74, 6) is -0.637. The Bertz CT molecular complexity index is 2160. The second-order valence-electron chi connectivity index (χ2n) is 15.6. The normalized spacial score (nSPS) is 23.1. The van der Waals surface area contributed by atoms with Crippen LogP contribution < -0.4 is 25.9 Å². The lowest BCUT2D eigenvalue weighted by Gasteiger charge is -2.37. The monoisotopic (exact) mass is 777 g/mol. The molecule has 2 fully saturated rings. The third-order valence-electron chi connectivity index (χ3n) is 12.0. The van der Waals surface area contributed by atoms with Crippen LogP contribution >= 0.6 is 0 Å². The van der Waals surface area contributed by atoms with Crippen molar-refractivity contribution in [2.45, 2.75) is 69.1 Å². The number of fused-ring (bicyclic) bond motifs is 2. The first-order chi connectivity index (χ1) is 26.8. The molecule has 1 spiro atoms. The number of aliphatic hydroxyl groups is 1. The number of non-ortho nitro benzene ring substituents is 1. The lowest BCUT2D eigenvalue weighted by atomic mass is 9.82.